The summed E-state index contributed by atoms with van der Waals surface area (Å²) in [5, 5.41) is 3.22. The van der Waals surface area contributed by atoms with Crippen molar-refractivity contribution in [2.75, 3.05) is 79.2 Å². The van der Waals surface area contributed by atoms with Crippen molar-refractivity contribution in [3.8, 4) is 5.75 Å². The van der Waals surface area contributed by atoms with Crippen LogP contribution in [0, 0.1) is 0 Å². The number of hydrogen-bond acceptors (Lipinski definition) is 7. The summed E-state index contributed by atoms with van der Waals surface area (Å²) in [4.78, 5) is 16.9. The summed E-state index contributed by atoms with van der Waals surface area (Å²) < 4.78 is 38.6. The van der Waals surface area contributed by atoms with Gasteiger partial charge in [0.15, 0.2) is 0 Å². The standard InChI is InChI=1S/C21H34N4O5S/c1-29-19-3-5-20(6-4-19)31(27,28)25(11-2-10-23-15-17-30-18-16-23)12-7-21(26)24-13-8-22-9-14-24/h3-6,22H,2,7-18H2,1H3. The van der Waals surface area contributed by atoms with Gasteiger partial charge in [-0.05, 0) is 37.2 Å². The van der Waals surface area contributed by atoms with Gasteiger partial charge >= 0.3 is 0 Å². The largest absolute Gasteiger partial charge is 0.497 e. The first-order valence-electron chi connectivity index (χ1n) is 10.9. The van der Waals surface area contributed by atoms with Gasteiger partial charge in [0.1, 0.15) is 5.75 Å². The third-order valence-corrected chi connectivity index (χ3v) is 7.64. The number of hydrogen-bond donors (Lipinski definition) is 1. The number of rotatable bonds is 10. The van der Waals surface area contributed by atoms with E-state index in [4.69, 9.17) is 9.47 Å². The number of piperazine rings is 1. The van der Waals surface area contributed by atoms with Crippen LogP contribution in [0.5, 0.6) is 5.75 Å². The van der Waals surface area contributed by atoms with Crippen molar-refractivity contribution in [3.05, 3.63) is 24.3 Å². The number of sulfonamides is 1. The maximum atomic E-state index is 13.3. The Morgan fingerprint density at radius 1 is 1.10 bits per heavy atom. The molecule has 1 aromatic rings. The highest BCUT2D eigenvalue weighted by Gasteiger charge is 2.26. The van der Waals surface area contributed by atoms with Crippen LogP contribution in [-0.2, 0) is 19.6 Å². The van der Waals surface area contributed by atoms with Crippen LogP contribution >= 0.6 is 0 Å². The number of nitrogens with zero attached hydrogens (tertiary/aromatic N) is 3. The Bertz CT molecular complexity index is 790. The van der Waals surface area contributed by atoms with Crippen LogP contribution in [0.4, 0.5) is 0 Å². The zero-order chi connectivity index (χ0) is 22.1. The lowest BCUT2D eigenvalue weighted by atomic mass is 10.3. The first kappa shape index (κ1) is 23.9. The van der Waals surface area contributed by atoms with Crippen molar-refractivity contribution >= 4 is 15.9 Å². The van der Waals surface area contributed by atoms with Gasteiger partial charge in [-0.15, -0.1) is 0 Å². The molecule has 1 amide bonds. The van der Waals surface area contributed by atoms with E-state index in [1.54, 1.807) is 31.4 Å². The average molecular weight is 455 g/mol. The second-order valence-corrected chi connectivity index (χ2v) is 9.71. The summed E-state index contributed by atoms with van der Waals surface area (Å²) in [6, 6.07) is 6.40. The molecule has 1 N–H and O–H groups in total. The Labute approximate surface area is 185 Å². The van der Waals surface area contributed by atoms with Crippen molar-refractivity contribution in [2.24, 2.45) is 0 Å². The van der Waals surface area contributed by atoms with E-state index in [1.807, 2.05) is 4.90 Å². The van der Waals surface area contributed by atoms with Crippen molar-refractivity contribution < 1.29 is 22.7 Å². The van der Waals surface area contributed by atoms with Gasteiger partial charge in [-0.1, -0.05) is 0 Å². The lowest BCUT2D eigenvalue weighted by molar-refractivity contribution is -0.131. The lowest BCUT2D eigenvalue weighted by Crippen LogP contribution is -2.47. The summed E-state index contributed by atoms with van der Waals surface area (Å²) in [6.07, 6.45) is 0.893. The van der Waals surface area contributed by atoms with Gasteiger partial charge in [0.25, 0.3) is 0 Å². The molecule has 2 saturated heterocycles. The van der Waals surface area contributed by atoms with Crippen LogP contribution in [0.15, 0.2) is 29.2 Å². The van der Waals surface area contributed by atoms with Gasteiger partial charge in [-0.25, -0.2) is 8.42 Å². The minimum absolute atomic E-state index is 0.00427. The van der Waals surface area contributed by atoms with E-state index in [2.05, 4.69) is 10.2 Å². The average Bonchev–Trinajstić information content (AvgIpc) is 2.82. The number of amides is 1. The summed E-state index contributed by atoms with van der Waals surface area (Å²) in [7, 11) is -2.16. The van der Waals surface area contributed by atoms with Gasteiger partial charge in [0, 0.05) is 58.8 Å². The molecule has 2 heterocycles. The monoisotopic (exact) mass is 454 g/mol. The fourth-order valence-corrected chi connectivity index (χ4v) is 5.32. The Kier molecular flexibility index (Phi) is 9.09. The van der Waals surface area contributed by atoms with Crippen LogP contribution in [0.25, 0.3) is 0 Å². The highest BCUT2D eigenvalue weighted by molar-refractivity contribution is 7.89. The molecule has 3 rings (SSSR count). The summed E-state index contributed by atoms with van der Waals surface area (Å²) in [5.41, 5.74) is 0. The quantitative estimate of drug-likeness (QED) is 0.541. The number of carbonyl (C=O) groups is 1. The molecule has 31 heavy (non-hydrogen) atoms. The lowest BCUT2D eigenvalue weighted by Gasteiger charge is -2.30. The summed E-state index contributed by atoms with van der Waals surface area (Å²) in [6.45, 7) is 7.42. The van der Waals surface area contributed by atoms with E-state index >= 15 is 0 Å². The van der Waals surface area contributed by atoms with Gasteiger partial charge in [-0.3, -0.25) is 9.69 Å². The molecule has 0 unspecified atom stereocenters. The van der Waals surface area contributed by atoms with E-state index in [-0.39, 0.29) is 23.8 Å². The third kappa shape index (κ3) is 6.88. The number of methoxy groups -OCH3 is 1. The summed E-state index contributed by atoms with van der Waals surface area (Å²) in [5.74, 6) is 0.608. The molecule has 174 valence electrons. The van der Waals surface area contributed by atoms with Crippen LogP contribution in [-0.4, -0.2) is 108 Å². The minimum atomic E-state index is -3.70. The molecule has 0 aromatic heterocycles. The van der Waals surface area contributed by atoms with E-state index < -0.39 is 10.0 Å². The van der Waals surface area contributed by atoms with Crippen LogP contribution in [0.3, 0.4) is 0 Å². The minimum Gasteiger partial charge on any atom is -0.497 e. The Morgan fingerprint density at radius 3 is 2.42 bits per heavy atom. The SMILES string of the molecule is COc1ccc(S(=O)(=O)N(CCCN2CCOCC2)CCC(=O)N2CCNCC2)cc1. The van der Waals surface area contributed by atoms with Gasteiger partial charge in [0.2, 0.25) is 15.9 Å². The predicted molar refractivity (Wildman–Crippen MR) is 118 cm³/mol. The molecule has 0 spiro atoms. The molecule has 0 saturated carbocycles. The smallest absolute Gasteiger partial charge is 0.243 e. The zero-order valence-corrected chi connectivity index (χ0v) is 19.1. The number of benzene rings is 1. The first-order valence-corrected chi connectivity index (χ1v) is 12.4. The maximum Gasteiger partial charge on any atom is 0.243 e. The van der Waals surface area contributed by atoms with Crippen LogP contribution < -0.4 is 10.1 Å². The molecular formula is C21H34N4O5S. The second kappa shape index (κ2) is 11.8. The third-order valence-electron chi connectivity index (χ3n) is 5.73. The van der Waals surface area contributed by atoms with Gasteiger partial charge in [-0.2, -0.15) is 4.31 Å². The Balaban J connectivity index is 1.64. The van der Waals surface area contributed by atoms with Crippen LogP contribution in [0.1, 0.15) is 12.8 Å². The highest BCUT2D eigenvalue weighted by atomic mass is 32.2. The van der Waals surface area contributed by atoms with Crippen molar-refractivity contribution in [2.45, 2.75) is 17.7 Å². The van der Waals surface area contributed by atoms with E-state index in [1.165, 1.54) is 4.31 Å². The molecule has 1 aromatic carbocycles. The molecule has 2 aliphatic rings. The fraction of sp³-hybridized carbons (Fsp3) is 0.667. The summed E-state index contributed by atoms with van der Waals surface area (Å²) >= 11 is 0. The van der Waals surface area contributed by atoms with Crippen molar-refractivity contribution in [1.82, 2.24) is 19.4 Å². The molecule has 0 aliphatic carbocycles. The van der Waals surface area contributed by atoms with E-state index in [0.29, 0.717) is 45.0 Å². The number of ether oxygens (including phenoxy) is 2. The Morgan fingerprint density at radius 2 is 1.77 bits per heavy atom. The molecule has 2 aliphatic heterocycles. The highest BCUT2D eigenvalue weighted by Crippen LogP contribution is 2.20. The number of nitrogens with one attached hydrogen (secondary N) is 1. The molecule has 2 fully saturated rings. The number of carbonyl (C=O) groups excluding carboxylic acids is 1. The number of morpholine rings is 1. The van der Waals surface area contributed by atoms with Crippen molar-refractivity contribution in [3.63, 3.8) is 0 Å². The predicted octanol–water partition coefficient (Wildman–Crippen LogP) is 0.230. The van der Waals surface area contributed by atoms with E-state index in [9.17, 15) is 13.2 Å². The molecule has 0 bridgehead atoms. The first-order chi connectivity index (χ1) is 15.0. The second-order valence-electron chi connectivity index (χ2n) is 7.77. The van der Waals surface area contributed by atoms with E-state index in [0.717, 1.165) is 32.7 Å². The molecule has 10 heteroatoms. The molecule has 9 nitrogen and oxygen atoms in total. The normalized spacial score (nSPS) is 18.3. The molecular weight excluding hydrogens is 420 g/mol. The molecule has 0 atom stereocenters. The topological polar surface area (TPSA) is 91.4 Å². The fourth-order valence-electron chi connectivity index (χ4n) is 3.84. The van der Waals surface area contributed by atoms with Gasteiger partial charge in [0.05, 0.1) is 25.2 Å². The zero-order valence-electron chi connectivity index (χ0n) is 18.3. The van der Waals surface area contributed by atoms with Gasteiger partial charge < -0.3 is 19.7 Å². The van der Waals surface area contributed by atoms with Crippen molar-refractivity contribution in [1.29, 1.82) is 0 Å². The Hall–Kier alpha value is -1.72. The van der Waals surface area contributed by atoms with Crippen LogP contribution in [0.2, 0.25) is 0 Å². The maximum absolute atomic E-state index is 13.3. The molecule has 0 radical (unpaired) electrons.